The molecule has 118 valence electrons. The summed E-state index contributed by atoms with van der Waals surface area (Å²) < 4.78 is 5.36. The van der Waals surface area contributed by atoms with Gasteiger partial charge in [-0.25, -0.2) is 4.79 Å². The highest BCUT2D eigenvalue weighted by atomic mass is 16.6. The van der Waals surface area contributed by atoms with Gasteiger partial charge in [-0.2, -0.15) is 0 Å². The zero-order valence-corrected chi connectivity index (χ0v) is 13.3. The minimum atomic E-state index is -0.474. The van der Waals surface area contributed by atoms with Gasteiger partial charge in [0.2, 0.25) is 5.91 Å². The fourth-order valence-corrected chi connectivity index (χ4v) is 2.71. The van der Waals surface area contributed by atoms with Crippen molar-refractivity contribution in [2.45, 2.75) is 45.6 Å². The fraction of sp³-hybridized carbons (Fsp3) is 0.750. The second-order valence-electron chi connectivity index (χ2n) is 6.77. The molecule has 5 heteroatoms. The van der Waals surface area contributed by atoms with Crippen LogP contribution in [0, 0.1) is 5.92 Å². The van der Waals surface area contributed by atoms with Crippen LogP contribution in [0.4, 0.5) is 4.79 Å². The summed E-state index contributed by atoms with van der Waals surface area (Å²) in [6.45, 7) is 7.92. The van der Waals surface area contributed by atoms with Crippen molar-refractivity contribution in [3.8, 4) is 0 Å². The molecule has 0 radical (unpaired) electrons. The lowest BCUT2D eigenvalue weighted by molar-refractivity contribution is -0.137. The average Bonchev–Trinajstić information content (AvgIpc) is 2.46. The first kappa shape index (κ1) is 15.9. The molecule has 0 aromatic rings. The predicted molar refractivity (Wildman–Crippen MR) is 80.9 cm³/mol. The van der Waals surface area contributed by atoms with Crippen LogP contribution in [0.2, 0.25) is 0 Å². The van der Waals surface area contributed by atoms with Gasteiger partial charge in [-0.1, -0.05) is 12.2 Å². The molecular formula is C16H26N2O3. The quantitative estimate of drug-likeness (QED) is 0.698. The summed E-state index contributed by atoms with van der Waals surface area (Å²) in [4.78, 5) is 28.0. The van der Waals surface area contributed by atoms with Gasteiger partial charge in [-0.3, -0.25) is 4.79 Å². The maximum Gasteiger partial charge on any atom is 0.410 e. The van der Waals surface area contributed by atoms with Crippen molar-refractivity contribution >= 4 is 12.0 Å². The molecule has 0 spiro atoms. The highest BCUT2D eigenvalue weighted by molar-refractivity contribution is 5.79. The van der Waals surface area contributed by atoms with Crippen molar-refractivity contribution in [2.24, 2.45) is 5.92 Å². The van der Waals surface area contributed by atoms with E-state index >= 15 is 0 Å². The predicted octanol–water partition coefficient (Wildman–Crippen LogP) is 2.42. The lowest BCUT2D eigenvalue weighted by Crippen LogP contribution is -2.52. The van der Waals surface area contributed by atoms with Crippen LogP contribution < -0.4 is 0 Å². The van der Waals surface area contributed by atoms with Gasteiger partial charge in [-0.15, -0.1) is 0 Å². The summed E-state index contributed by atoms with van der Waals surface area (Å²) in [5, 5.41) is 0. The highest BCUT2D eigenvalue weighted by Gasteiger charge is 2.30. The Morgan fingerprint density at radius 2 is 1.67 bits per heavy atom. The molecule has 1 saturated heterocycles. The summed E-state index contributed by atoms with van der Waals surface area (Å²) in [5.41, 5.74) is -0.474. The number of amides is 2. The van der Waals surface area contributed by atoms with Crippen LogP contribution in [0.1, 0.15) is 40.0 Å². The van der Waals surface area contributed by atoms with Crippen LogP contribution in [0.25, 0.3) is 0 Å². The van der Waals surface area contributed by atoms with E-state index in [1.807, 2.05) is 25.7 Å². The lowest BCUT2D eigenvalue weighted by Gasteiger charge is -2.37. The number of carbonyl (C=O) groups is 2. The lowest BCUT2D eigenvalue weighted by atomic mass is 9.93. The molecule has 1 heterocycles. The number of piperazine rings is 1. The molecule has 1 aliphatic heterocycles. The van der Waals surface area contributed by atoms with Gasteiger partial charge in [-0.05, 0) is 40.0 Å². The summed E-state index contributed by atoms with van der Waals surface area (Å²) in [7, 11) is 0. The molecule has 2 aliphatic rings. The van der Waals surface area contributed by atoms with Gasteiger partial charge in [0.05, 0.1) is 0 Å². The van der Waals surface area contributed by atoms with E-state index in [9.17, 15) is 9.59 Å². The van der Waals surface area contributed by atoms with E-state index in [1.54, 1.807) is 4.90 Å². The monoisotopic (exact) mass is 294 g/mol. The Kier molecular flexibility index (Phi) is 4.91. The zero-order valence-electron chi connectivity index (χ0n) is 13.3. The SMILES string of the molecule is CC(C)(C)OC(=O)N1CCN(C(=O)C2CC=CCC2)CC1. The minimum Gasteiger partial charge on any atom is -0.444 e. The van der Waals surface area contributed by atoms with Gasteiger partial charge in [0.15, 0.2) is 0 Å². The van der Waals surface area contributed by atoms with Gasteiger partial charge in [0.25, 0.3) is 0 Å². The molecule has 0 N–H and O–H groups in total. The van der Waals surface area contributed by atoms with Gasteiger partial charge >= 0.3 is 6.09 Å². The van der Waals surface area contributed by atoms with Crippen molar-refractivity contribution in [3.63, 3.8) is 0 Å². The number of carbonyl (C=O) groups excluding carboxylic acids is 2. The maximum absolute atomic E-state index is 12.4. The first-order valence-electron chi connectivity index (χ1n) is 7.78. The molecule has 1 aliphatic carbocycles. The highest BCUT2D eigenvalue weighted by Crippen LogP contribution is 2.21. The molecule has 1 fully saturated rings. The van der Waals surface area contributed by atoms with Gasteiger partial charge < -0.3 is 14.5 Å². The fourth-order valence-electron chi connectivity index (χ4n) is 2.71. The van der Waals surface area contributed by atoms with Crippen LogP contribution in [0.15, 0.2) is 12.2 Å². The Balaban J connectivity index is 1.81. The molecule has 0 aromatic carbocycles. The standard InChI is InChI=1S/C16H26N2O3/c1-16(2,3)21-15(20)18-11-9-17(10-12-18)14(19)13-7-5-4-6-8-13/h4-5,13H,6-12H2,1-3H3. The maximum atomic E-state index is 12.4. The Hall–Kier alpha value is -1.52. The van der Waals surface area contributed by atoms with E-state index in [0.717, 1.165) is 19.3 Å². The number of ether oxygens (including phenoxy) is 1. The van der Waals surface area contributed by atoms with E-state index in [4.69, 9.17) is 4.74 Å². The molecule has 21 heavy (non-hydrogen) atoms. The third-order valence-electron chi connectivity index (χ3n) is 3.86. The normalized spacial score (nSPS) is 23.1. The number of hydrogen-bond acceptors (Lipinski definition) is 3. The molecule has 2 rings (SSSR count). The second-order valence-corrected chi connectivity index (χ2v) is 6.77. The van der Waals surface area contributed by atoms with E-state index in [1.165, 1.54) is 0 Å². The summed E-state index contributed by atoms with van der Waals surface area (Å²) >= 11 is 0. The minimum absolute atomic E-state index is 0.128. The van der Waals surface area contributed by atoms with Crippen molar-refractivity contribution in [1.82, 2.24) is 9.80 Å². The molecule has 0 bridgehead atoms. The van der Waals surface area contributed by atoms with E-state index in [2.05, 4.69) is 12.2 Å². The Morgan fingerprint density at radius 3 is 2.19 bits per heavy atom. The average molecular weight is 294 g/mol. The Labute approximate surface area is 126 Å². The molecular weight excluding hydrogens is 268 g/mol. The van der Waals surface area contributed by atoms with Gasteiger partial charge in [0, 0.05) is 32.1 Å². The molecule has 1 atom stereocenters. The third kappa shape index (κ3) is 4.48. The first-order chi connectivity index (χ1) is 9.87. The first-order valence-corrected chi connectivity index (χ1v) is 7.78. The summed E-state index contributed by atoms with van der Waals surface area (Å²) in [6, 6.07) is 0. The van der Waals surface area contributed by atoms with Gasteiger partial charge in [0.1, 0.15) is 5.60 Å². The second kappa shape index (κ2) is 6.50. The van der Waals surface area contributed by atoms with Crippen LogP contribution in [-0.4, -0.2) is 53.6 Å². The Bertz CT molecular complexity index is 418. The number of nitrogens with zero attached hydrogens (tertiary/aromatic N) is 2. The number of rotatable bonds is 1. The van der Waals surface area contributed by atoms with Crippen LogP contribution in [0.5, 0.6) is 0 Å². The van der Waals surface area contributed by atoms with Crippen LogP contribution in [0.3, 0.4) is 0 Å². The summed E-state index contributed by atoms with van der Waals surface area (Å²) in [5.74, 6) is 0.367. The Morgan fingerprint density at radius 1 is 1.05 bits per heavy atom. The molecule has 0 aromatic heterocycles. The van der Waals surface area contributed by atoms with E-state index in [-0.39, 0.29) is 17.9 Å². The topological polar surface area (TPSA) is 49.9 Å². The smallest absolute Gasteiger partial charge is 0.410 e. The zero-order chi connectivity index (χ0) is 15.5. The van der Waals surface area contributed by atoms with E-state index in [0.29, 0.717) is 26.2 Å². The molecule has 5 nitrogen and oxygen atoms in total. The largest absolute Gasteiger partial charge is 0.444 e. The van der Waals surface area contributed by atoms with E-state index < -0.39 is 5.60 Å². The molecule has 2 amide bonds. The number of hydrogen-bond donors (Lipinski definition) is 0. The van der Waals surface area contributed by atoms with Crippen LogP contribution >= 0.6 is 0 Å². The van der Waals surface area contributed by atoms with Crippen LogP contribution in [-0.2, 0) is 9.53 Å². The van der Waals surface area contributed by atoms with Crippen molar-refractivity contribution < 1.29 is 14.3 Å². The number of allylic oxidation sites excluding steroid dienone is 2. The molecule has 1 unspecified atom stereocenters. The third-order valence-corrected chi connectivity index (χ3v) is 3.86. The van der Waals surface area contributed by atoms with Crippen molar-refractivity contribution in [2.75, 3.05) is 26.2 Å². The van der Waals surface area contributed by atoms with Crippen molar-refractivity contribution in [3.05, 3.63) is 12.2 Å². The summed E-state index contributed by atoms with van der Waals surface area (Å²) in [6.07, 6.45) is 6.75. The van der Waals surface area contributed by atoms with Crippen molar-refractivity contribution in [1.29, 1.82) is 0 Å². The molecule has 0 saturated carbocycles.